The van der Waals surface area contributed by atoms with Crippen molar-refractivity contribution in [1.29, 1.82) is 0 Å². The van der Waals surface area contributed by atoms with E-state index in [4.69, 9.17) is 4.74 Å². The number of benzene rings is 2. The molecule has 1 amide bonds. The monoisotopic (exact) mass is 429 g/mol. The molecule has 1 aromatic heterocycles. The number of aromatic nitrogens is 1. The second-order valence-corrected chi connectivity index (χ2v) is 8.63. The minimum atomic E-state index is -0.427. The average molecular weight is 430 g/mol. The van der Waals surface area contributed by atoms with Crippen LogP contribution in [0.25, 0.3) is 11.1 Å². The van der Waals surface area contributed by atoms with Crippen molar-refractivity contribution >= 4 is 5.91 Å². The summed E-state index contributed by atoms with van der Waals surface area (Å²) in [6.07, 6.45) is 6.25. The van der Waals surface area contributed by atoms with Crippen molar-refractivity contribution in [2.24, 2.45) is 5.41 Å². The summed E-state index contributed by atoms with van der Waals surface area (Å²) in [5.41, 5.74) is 4.28. The molecule has 1 N–H and O–H groups in total. The molecule has 1 atom stereocenters. The van der Waals surface area contributed by atoms with Crippen LogP contribution in [0.2, 0.25) is 0 Å². The summed E-state index contributed by atoms with van der Waals surface area (Å²) in [5.74, 6) is 0.998. The molecule has 1 aliphatic heterocycles. The van der Waals surface area contributed by atoms with Gasteiger partial charge in [0.1, 0.15) is 5.75 Å². The largest absolute Gasteiger partial charge is 0.497 e. The van der Waals surface area contributed by atoms with Crippen molar-refractivity contribution in [1.82, 2.24) is 15.2 Å². The molecule has 5 nitrogen and oxygen atoms in total. The highest BCUT2D eigenvalue weighted by molar-refractivity contribution is 5.83. The van der Waals surface area contributed by atoms with E-state index >= 15 is 0 Å². The molecule has 2 aromatic carbocycles. The van der Waals surface area contributed by atoms with Crippen LogP contribution in [0, 0.1) is 5.41 Å². The molecule has 166 valence electrons. The summed E-state index contributed by atoms with van der Waals surface area (Å²) in [7, 11) is 3.44. The smallest absolute Gasteiger partial charge is 0.227 e. The number of nitrogens with zero attached hydrogens (tertiary/aromatic N) is 2. The van der Waals surface area contributed by atoms with Gasteiger partial charge in [0.05, 0.1) is 12.5 Å². The van der Waals surface area contributed by atoms with Gasteiger partial charge >= 0.3 is 0 Å². The zero-order chi connectivity index (χ0) is 22.4. The Morgan fingerprint density at radius 2 is 1.81 bits per heavy atom. The van der Waals surface area contributed by atoms with E-state index in [0.717, 1.165) is 55.8 Å². The van der Waals surface area contributed by atoms with E-state index in [-0.39, 0.29) is 5.91 Å². The SMILES string of the molecule is CNC(=O)[C@@]1(Cc2ccc(-c3ccncc3)cc2)CCCN(Cc2cccc(OC)c2)C1. The van der Waals surface area contributed by atoms with Gasteiger partial charge < -0.3 is 10.1 Å². The van der Waals surface area contributed by atoms with Gasteiger partial charge in [0.25, 0.3) is 0 Å². The number of hydrogen-bond donors (Lipinski definition) is 1. The molecule has 32 heavy (non-hydrogen) atoms. The van der Waals surface area contributed by atoms with Gasteiger partial charge in [-0.3, -0.25) is 14.7 Å². The minimum absolute atomic E-state index is 0.131. The van der Waals surface area contributed by atoms with Gasteiger partial charge in [-0.15, -0.1) is 0 Å². The molecular formula is C27H31N3O2. The van der Waals surface area contributed by atoms with Crippen molar-refractivity contribution in [2.75, 3.05) is 27.2 Å². The van der Waals surface area contributed by atoms with Gasteiger partial charge in [-0.05, 0) is 72.3 Å². The average Bonchev–Trinajstić information content (AvgIpc) is 2.85. The first-order valence-electron chi connectivity index (χ1n) is 11.2. The number of pyridine rings is 1. The van der Waals surface area contributed by atoms with Crippen LogP contribution in [0.4, 0.5) is 0 Å². The van der Waals surface area contributed by atoms with Crippen LogP contribution in [0.15, 0.2) is 73.1 Å². The minimum Gasteiger partial charge on any atom is -0.497 e. The summed E-state index contributed by atoms with van der Waals surface area (Å²) in [6.45, 7) is 2.56. The Morgan fingerprint density at radius 3 is 2.53 bits per heavy atom. The predicted octanol–water partition coefficient (Wildman–Crippen LogP) is 4.33. The van der Waals surface area contributed by atoms with Crippen LogP contribution >= 0.6 is 0 Å². The van der Waals surface area contributed by atoms with Crippen LogP contribution in [-0.4, -0.2) is 43.0 Å². The zero-order valence-corrected chi connectivity index (χ0v) is 18.9. The maximum Gasteiger partial charge on any atom is 0.227 e. The third-order valence-electron chi connectivity index (χ3n) is 6.42. The molecule has 0 saturated carbocycles. The normalized spacial score (nSPS) is 18.8. The quantitative estimate of drug-likeness (QED) is 0.607. The first-order valence-corrected chi connectivity index (χ1v) is 11.2. The van der Waals surface area contributed by atoms with Gasteiger partial charge in [0.15, 0.2) is 0 Å². The molecule has 0 bridgehead atoms. The highest BCUT2D eigenvalue weighted by Crippen LogP contribution is 2.35. The Morgan fingerprint density at radius 1 is 1.06 bits per heavy atom. The molecular weight excluding hydrogens is 398 g/mol. The molecule has 3 aromatic rings. The van der Waals surface area contributed by atoms with Crippen LogP contribution in [0.5, 0.6) is 5.75 Å². The Bertz CT molecular complexity index is 1040. The Balaban J connectivity index is 1.52. The predicted molar refractivity (Wildman–Crippen MR) is 127 cm³/mol. The standard InChI is InChI=1S/C27H31N3O2/c1-28-26(31)27(18-21-7-9-23(10-8-21)24-11-14-29-15-12-24)13-4-16-30(20-27)19-22-5-3-6-25(17-22)32-2/h3,5-12,14-15,17H,4,13,16,18-20H2,1-2H3,(H,28,31)/t27-/m1/s1. The number of piperidine rings is 1. The topological polar surface area (TPSA) is 54.5 Å². The van der Waals surface area contributed by atoms with Gasteiger partial charge in [0, 0.05) is 32.5 Å². The molecule has 1 aliphatic rings. The van der Waals surface area contributed by atoms with E-state index in [1.165, 1.54) is 11.1 Å². The first-order chi connectivity index (χ1) is 15.6. The maximum atomic E-state index is 13.1. The van der Waals surface area contributed by atoms with E-state index < -0.39 is 5.41 Å². The molecule has 2 heterocycles. The molecule has 0 unspecified atom stereocenters. The lowest BCUT2D eigenvalue weighted by Gasteiger charge is -2.41. The van der Waals surface area contributed by atoms with E-state index in [1.807, 2.05) is 36.7 Å². The lowest BCUT2D eigenvalue weighted by molar-refractivity contribution is -0.134. The van der Waals surface area contributed by atoms with Crippen molar-refractivity contribution in [3.63, 3.8) is 0 Å². The summed E-state index contributed by atoms with van der Waals surface area (Å²) < 4.78 is 5.38. The fraction of sp³-hybridized carbons (Fsp3) is 0.333. The highest BCUT2D eigenvalue weighted by atomic mass is 16.5. The second kappa shape index (κ2) is 9.96. The number of carbonyl (C=O) groups excluding carboxylic acids is 1. The summed E-state index contributed by atoms with van der Waals surface area (Å²) in [4.78, 5) is 19.6. The Hall–Kier alpha value is -3.18. The lowest BCUT2D eigenvalue weighted by Crippen LogP contribution is -2.52. The molecule has 1 fully saturated rings. The fourth-order valence-corrected chi connectivity index (χ4v) is 4.82. The molecule has 4 rings (SSSR count). The number of carbonyl (C=O) groups is 1. The number of amides is 1. The molecule has 0 aliphatic carbocycles. The molecule has 5 heteroatoms. The number of likely N-dealkylation sites (tertiary alicyclic amines) is 1. The highest BCUT2D eigenvalue weighted by Gasteiger charge is 2.41. The number of rotatable bonds is 7. The third-order valence-corrected chi connectivity index (χ3v) is 6.42. The van der Waals surface area contributed by atoms with Crippen LogP contribution in [0.3, 0.4) is 0 Å². The van der Waals surface area contributed by atoms with Crippen molar-refractivity contribution in [3.8, 4) is 16.9 Å². The number of hydrogen-bond acceptors (Lipinski definition) is 4. The van der Waals surface area contributed by atoms with Crippen molar-refractivity contribution in [2.45, 2.75) is 25.8 Å². The molecule has 0 spiro atoms. The molecule has 0 radical (unpaired) electrons. The maximum absolute atomic E-state index is 13.1. The van der Waals surface area contributed by atoms with Crippen LogP contribution in [-0.2, 0) is 17.8 Å². The lowest BCUT2D eigenvalue weighted by atomic mass is 9.74. The Kier molecular flexibility index (Phi) is 6.86. The van der Waals surface area contributed by atoms with Gasteiger partial charge in [-0.25, -0.2) is 0 Å². The van der Waals surface area contributed by atoms with Crippen LogP contribution in [0.1, 0.15) is 24.0 Å². The van der Waals surface area contributed by atoms with Crippen LogP contribution < -0.4 is 10.1 Å². The third kappa shape index (κ3) is 5.00. The summed E-state index contributed by atoms with van der Waals surface area (Å²) in [5, 5.41) is 2.94. The summed E-state index contributed by atoms with van der Waals surface area (Å²) in [6, 6.07) is 20.8. The molecule has 1 saturated heterocycles. The summed E-state index contributed by atoms with van der Waals surface area (Å²) >= 11 is 0. The van der Waals surface area contributed by atoms with Gasteiger partial charge in [-0.1, -0.05) is 36.4 Å². The van der Waals surface area contributed by atoms with Crippen molar-refractivity contribution < 1.29 is 9.53 Å². The van der Waals surface area contributed by atoms with E-state index in [2.05, 4.69) is 51.6 Å². The number of ether oxygens (including phenoxy) is 1. The number of methoxy groups -OCH3 is 1. The van der Waals surface area contributed by atoms with Gasteiger partial charge in [0.2, 0.25) is 5.91 Å². The fourth-order valence-electron chi connectivity index (χ4n) is 4.82. The van der Waals surface area contributed by atoms with Gasteiger partial charge in [-0.2, -0.15) is 0 Å². The first kappa shape index (κ1) is 22.0. The second-order valence-electron chi connectivity index (χ2n) is 8.63. The zero-order valence-electron chi connectivity index (χ0n) is 18.9. The van der Waals surface area contributed by atoms with E-state index in [0.29, 0.717) is 0 Å². The van der Waals surface area contributed by atoms with E-state index in [9.17, 15) is 4.79 Å². The Labute approximate surface area is 190 Å². The number of nitrogens with one attached hydrogen (secondary N) is 1. The van der Waals surface area contributed by atoms with E-state index in [1.54, 1.807) is 14.2 Å². The van der Waals surface area contributed by atoms with Crippen molar-refractivity contribution in [3.05, 3.63) is 84.2 Å².